The molecule has 0 saturated carbocycles. The van der Waals surface area contributed by atoms with Crippen molar-refractivity contribution in [3.63, 3.8) is 0 Å². The van der Waals surface area contributed by atoms with Crippen LogP contribution in [0.2, 0.25) is 0 Å². The lowest BCUT2D eigenvalue weighted by molar-refractivity contribution is -0.146. The standard InChI is InChI=1S/C20H19F3N2O3/c1-28-20(27)18-9-16(24-19(26)12-2-4-14(21)5-3-12)11-25(18)10-13-8-15(22)6-7-17(13)23/h2-8,16,18H,9-11H2,1H3,(H,24,26)/t16-,18+/m1/s1. The Balaban J connectivity index is 1.73. The van der Waals surface area contributed by atoms with Gasteiger partial charge in [0, 0.05) is 30.3 Å². The molecule has 1 aliphatic rings. The molecular weight excluding hydrogens is 373 g/mol. The van der Waals surface area contributed by atoms with Gasteiger partial charge in [-0.25, -0.2) is 13.2 Å². The van der Waals surface area contributed by atoms with Gasteiger partial charge in [-0.05, 0) is 48.9 Å². The van der Waals surface area contributed by atoms with Crippen LogP contribution in [0, 0.1) is 17.5 Å². The Kier molecular flexibility index (Phi) is 5.99. The molecular formula is C20H19F3N2O3. The highest BCUT2D eigenvalue weighted by atomic mass is 19.1. The van der Waals surface area contributed by atoms with Crippen LogP contribution >= 0.6 is 0 Å². The van der Waals surface area contributed by atoms with Gasteiger partial charge >= 0.3 is 5.97 Å². The van der Waals surface area contributed by atoms with Crippen LogP contribution in [0.5, 0.6) is 0 Å². The van der Waals surface area contributed by atoms with Gasteiger partial charge in [0.15, 0.2) is 0 Å². The van der Waals surface area contributed by atoms with E-state index >= 15 is 0 Å². The predicted octanol–water partition coefficient (Wildman–Crippen LogP) is 2.65. The fourth-order valence-corrected chi connectivity index (χ4v) is 3.32. The van der Waals surface area contributed by atoms with Crippen LogP contribution in [-0.4, -0.2) is 42.5 Å². The zero-order valence-corrected chi connectivity index (χ0v) is 15.1. The van der Waals surface area contributed by atoms with Crippen molar-refractivity contribution < 1.29 is 27.5 Å². The molecule has 2 aromatic rings. The zero-order chi connectivity index (χ0) is 20.3. The van der Waals surface area contributed by atoms with Gasteiger partial charge in [-0.1, -0.05) is 0 Å². The molecule has 0 bridgehead atoms. The molecule has 0 unspecified atom stereocenters. The molecule has 1 saturated heterocycles. The number of nitrogens with one attached hydrogen (secondary N) is 1. The number of hydrogen-bond donors (Lipinski definition) is 1. The van der Waals surface area contributed by atoms with Gasteiger partial charge in [-0.3, -0.25) is 14.5 Å². The maximum absolute atomic E-state index is 14.0. The maximum atomic E-state index is 14.0. The molecule has 5 nitrogen and oxygen atoms in total. The normalized spacial score (nSPS) is 19.4. The third kappa shape index (κ3) is 4.51. The summed E-state index contributed by atoms with van der Waals surface area (Å²) in [6.07, 6.45) is 0.260. The summed E-state index contributed by atoms with van der Waals surface area (Å²) in [7, 11) is 1.24. The lowest BCUT2D eigenvalue weighted by Gasteiger charge is -2.22. The van der Waals surface area contributed by atoms with Crippen LogP contribution in [0.1, 0.15) is 22.3 Å². The molecule has 0 spiro atoms. The van der Waals surface area contributed by atoms with Crippen molar-refractivity contribution in [1.82, 2.24) is 10.2 Å². The van der Waals surface area contributed by atoms with Crippen molar-refractivity contribution in [3.8, 4) is 0 Å². The van der Waals surface area contributed by atoms with E-state index < -0.39 is 41.4 Å². The number of methoxy groups -OCH3 is 1. The van der Waals surface area contributed by atoms with Crippen molar-refractivity contribution >= 4 is 11.9 Å². The number of rotatable bonds is 5. The number of hydrogen-bond acceptors (Lipinski definition) is 4. The minimum absolute atomic E-state index is 0.00766. The third-order valence-corrected chi connectivity index (χ3v) is 4.70. The molecule has 0 aliphatic carbocycles. The lowest BCUT2D eigenvalue weighted by Crippen LogP contribution is -2.38. The van der Waals surface area contributed by atoms with E-state index in [9.17, 15) is 22.8 Å². The molecule has 148 valence electrons. The van der Waals surface area contributed by atoms with Crippen LogP contribution in [0.25, 0.3) is 0 Å². The number of carbonyl (C=O) groups is 2. The van der Waals surface area contributed by atoms with Crippen molar-refractivity contribution in [2.45, 2.75) is 25.0 Å². The molecule has 2 atom stereocenters. The summed E-state index contributed by atoms with van der Waals surface area (Å²) < 4.78 is 45.2. The Labute approximate surface area is 160 Å². The molecule has 1 heterocycles. The van der Waals surface area contributed by atoms with Gasteiger partial charge in [0.05, 0.1) is 7.11 Å². The number of likely N-dealkylation sites (tertiary alicyclic amines) is 1. The van der Waals surface area contributed by atoms with Gasteiger partial charge in [0.1, 0.15) is 23.5 Å². The average Bonchev–Trinajstić information content (AvgIpc) is 3.06. The monoisotopic (exact) mass is 392 g/mol. The molecule has 1 aliphatic heterocycles. The highest BCUT2D eigenvalue weighted by molar-refractivity contribution is 5.94. The zero-order valence-electron chi connectivity index (χ0n) is 15.1. The van der Waals surface area contributed by atoms with Crippen LogP contribution in [-0.2, 0) is 16.1 Å². The molecule has 28 heavy (non-hydrogen) atoms. The molecule has 3 rings (SSSR count). The Morgan fingerprint density at radius 1 is 1.11 bits per heavy atom. The number of benzene rings is 2. The van der Waals surface area contributed by atoms with E-state index in [0.717, 1.165) is 18.2 Å². The quantitative estimate of drug-likeness (QED) is 0.795. The van der Waals surface area contributed by atoms with E-state index in [1.54, 1.807) is 4.90 Å². The van der Waals surface area contributed by atoms with Crippen LogP contribution < -0.4 is 5.32 Å². The molecule has 1 fully saturated rings. The smallest absolute Gasteiger partial charge is 0.323 e. The van der Waals surface area contributed by atoms with Crippen LogP contribution in [0.15, 0.2) is 42.5 Å². The average molecular weight is 392 g/mol. The summed E-state index contributed by atoms with van der Waals surface area (Å²) in [5.41, 5.74) is 0.394. The number of amides is 1. The second-order valence-electron chi connectivity index (χ2n) is 6.62. The van der Waals surface area contributed by atoms with Crippen molar-refractivity contribution in [1.29, 1.82) is 0 Å². The second-order valence-corrected chi connectivity index (χ2v) is 6.62. The Morgan fingerprint density at radius 3 is 2.46 bits per heavy atom. The first-order valence-electron chi connectivity index (χ1n) is 8.69. The molecule has 1 amide bonds. The number of esters is 1. The van der Waals surface area contributed by atoms with Crippen molar-refractivity contribution in [3.05, 3.63) is 71.0 Å². The van der Waals surface area contributed by atoms with Crippen LogP contribution in [0.4, 0.5) is 13.2 Å². The minimum Gasteiger partial charge on any atom is -0.468 e. The van der Waals surface area contributed by atoms with E-state index in [-0.39, 0.29) is 30.6 Å². The summed E-state index contributed by atoms with van der Waals surface area (Å²) >= 11 is 0. The minimum atomic E-state index is -0.703. The topological polar surface area (TPSA) is 58.6 Å². The van der Waals surface area contributed by atoms with E-state index in [0.29, 0.717) is 0 Å². The van der Waals surface area contributed by atoms with Crippen LogP contribution in [0.3, 0.4) is 0 Å². The Morgan fingerprint density at radius 2 is 1.79 bits per heavy atom. The largest absolute Gasteiger partial charge is 0.468 e. The van der Waals surface area contributed by atoms with E-state index in [2.05, 4.69) is 5.32 Å². The van der Waals surface area contributed by atoms with Crippen molar-refractivity contribution in [2.75, 3.05) is 13.7 Å². The van der Waals surface area contributed by atoms with E-state index in [4.69, 9.17) is 4.74 Å². The van der Waals surface area contributed by atoms with E-state index in [1.165, 1.54) is 31.4 Å². The first-order chi connectivity index (χ1) is 13.4. The summed E-state index contributed by atoms with van der Waals surface area (Å²) in [5, 5.41) is 2.79. The second kappa shape index (κ2) is 8.43. The fraction of sp³-hybridized carbons (Fsp3) is 0.300. The number of halogens is 3. The molecule has 0 aromatic heterocycles. The molecule has 8 heteroatoms. The summed E-state index contributed by atoms with van der Waals surface area (Å²) in [6.45, 7) is 0.245. The van der Waals surface area contributed by atoms with Gasteiger partial charge < -0.3 is 10.1 Å². The van der Waals surface area contributed by atoms with Gasteiger partial charge in [0.25, 0.3) is 5.91 Å². The maximum Gasteiger partial charge on any atom is 0.323 e. The van der Waals surface area contributed by atoms with Gasteiger partial charge in [-0.15, -0.1) is 0 Å². The lowest BCUT2D eigenvalue weighted by atomic mass is 10.1. The fourth-order valence-electron chi connectivity index (χ4n) is 3.32. The third-order valence-electron chi connectivity index (χ3n) is 4.70. The number of nitrogens with zero attached hydrogens (tertiary/aromatic N) is 1. The summed E-state index contributed by atoms with van der Waals surface area (Å²) in [5.74, 6) is -2.54. The number of ether oxygens (including phenoxy) is 1. The molecule has 1 N–H and O–H groups in total. The van der Waals surface area contributed by atoms with Gasteiger partial charge in [0.2, 0.25) is 0 Å². The van der Waals surface area contributed by atoms with Crippen molar-refractivity contribution in [2.24, 2.45) is 0 Å². The Bertz CT molecular complexity index is 873. The molecule has 2 aromatic carbocycles. The van der Waals surface area contributed by atoms with E-state index in [1.807, 2.05) is 0 Å². The molecule has 0 radical (unpaired) electrons. The highest BCUT2D eigenvalue weighted by Gasteiger charge is 2.38. The van der Waals surface area contributed by atoms with Gasteiger partial charge in [-0.2, -0.15) is 0 Å². The summed E-state index contributed by atoms with van der Waals surface area (Å²) in [6, 6.07) is 7.10. The first-order valence-corrected chi connectivity index (χ1v) is 8.69. The SMILES string of the molecule is COC(=O)[C@@H]1C[C@@H](NC(=O)c2ccc(F)cc2)CN1Cc1cc(F)ccc1F. The predicted molar refractivity (Wildman–Crippen MR) is 94.8 cm³/mol. The highest BCUT2D eigenvalue weighted by Crippen LogP contribution is 2.23. The first kappa shape index (κ1) is 19.9. The summed E-state index contributed by atoms with van der Waals surface area (Å²) in [4.78, 5) is 26.1. The number of carbonyl (C=O) groups excluding carboxylic acids is 2. The Hall–Kier alpha value is -2.87.